The van der Waals surface area contributed by atoms with Gasteiger partial charge in [-0.2, -0.15) is 0 Å². The number of aliphatic hydroxyl groups excluding tert-OH is 1. The van der Waals surface area contributed by atoms with Gasteiger partial charge in [0, 0.05) is 6.04 Å². The number of nitrogens with two attached hydrogens (primary N) is 1. The quantitative estimate of drug-likeness (QED) is 0.855. The molecule has 0 bridgehead atoms. The minimum Gasteiger partial charge on any atom is -0.391 e. The van der Waals surface area contributed by atoms with E-state index in [1.165, 1.54) is 42.4 Å². The lowest BCUT2D eigenvalue weighted by Gasteiger charge is -2.23. The highest BCUT2D eigenvalue weighted by Gasteiger charge is 2.18. The van der Waals surface area contributed by atoms with Crippen LogP contribution in [-0.4, -0.2) is 17.3 Å². The Balaban J connectivity index is 2.05. The van der Waals surface area contributed by atoms with Crippen molar-refractivity contribution in [2.24, 2.45) is 5.73 Å². The Morgan fingerprint density at radius 1 is 1.21 bits per heavy atom. The average Bonchev–Trinajstić information content (AvgIpc) is 2.45. The van der Waals surface area contributed by atoms with E-state index < -0.39 is 6.10 Å². The van der Waals surface area contributed by atoms with Crippen LogP contribution in [0, 0.1) is 0 Å². The van der Waals surface area contributed by atoms with Gasteiger partial charge in [-0.05, 0) is 61.1 Å². The van der Waals surface area contributed by atoms with Crippen molar-refractivity contribution < 1.29 is 5.11 Å². The molecular weight excluding hydrogens is 234 g/mol. The molecule has 0 heterocycles. The van der Waals surface area contributed by atoms with Gasteiger partial charge in [0.15, 0.2) is 0 Å². The lowest BCUT2D eigenvalue weighted by molar-refractivity contribution is 0.126. The Morgan fingerprint density at radius 2 is 1.89 bits per heavy atom. The summed E-state index contributed by atoms with van der Waals surface area (Å²) in [7, 11) is 0. The molecule has 1 aliphatic carbocycles. The van der Waals surface area contributed by atoms with Gasteiger partial charge in [-0.1, -0.05) is 32.0 Å². The lowest BCUT2D eigenvalue weighted by atomic mass is 9.86. The molecule has 2 rings (SSSR count). The summed E-state index contributed by atoms with van der Waals surface area (Å²) in [5, 5.41) is 10.1. The van der Waals surface area contributed by atoms with Gasteiger partial charge in [0.1, 0.15) is 0 Å². The first-order chi connectivity index (χ1) is 9.11. The lowest BCUT2D eigenvalue weighted by Crippen LogP contribution is -2.34. The van der Waals surface area contributed by atoms with E-state index in [-0.39, 0.29) is 6.04 Å². The summed E-state index contributed by atoms with van der Waals surface area (Å²) in [6.07, 6.45) is 6.28. The molecule has 0 amide bonds. The second-order valence-electron chi connectivity index (χ2n) is 6.01. The third kappa shape index (κ3) is 3.58. The Bertz CT molecular complexity index is 416. The van der Waals surface area contributed by atoms with E-state index >= 15 is 0 Å². The Kier molecular flexibility index (Phi) is 5.00. The van der Waals surface area contributed by atoms with Crippen LogP contribution in [0.5, 0.6) is 0 Å². The largest absolute Gasteiger partial charge is 0.391 e. The van der Waals surface area contributed by atoms with E-state index in [2.05, 4.69) is 25.1 Å². The van der Waals surface area contributed by atoms with Crippen molar-refractivity contribution in [3.63, 3.8) is 0 Å². The number of hydrogen-bond acceptors (Lipinski definition) is 2. The van der Waals surface area contributed by atoms with Crippen molar-refractivity contribution >= 4 is 0 Å². The van der Waals surface area contributed by atoms with Crippen molar-refractivity contribution in [2.45, 2.75) is 70.4 Å². The van der Waals surface area contributed by atoms with Gasteiger partial charge in [0.25, 0.3) is 0 Å². The highest BCUT2D eigenvalue weighted by atomic mass is 16.3. The van der Waals surface area contributed by atoms with Gasteiger partial charge in [0.2, 0.25) is 0 Å². The first-order valence-corrected chi connectivity index (χ1v) is 7.67. The fourth-order valence-corrected chi connectivity index (χ4v) is 3.01. The molecule has 0 fully saturated rings. The van der Waals surface area contributed by atoms with Gasteiger partial charge in [-0.3, -0.25) is 0 Å². The van der Waals surface area contributed by atoms with Crippen molar-refractivity contribution in [1.29, 1.82) is 0 Å². The molecule has 1 aromatic carbocycles. The molecule has 0 aromatic heterocycles. The summed E-state index contributed by atoms with van der Waals surface area (Å²) in [6.45, 7) is 4.22. The van der Waals surface area contributed by atoms with Crippen LogP contribution in [0.1, 0.15) is 62.1 Å². The predicted molar refractivity (Wildman–Crippen MR) is 80.4 cm³/mol. The number of aliphatic hydroxyl groups is 1. The molecule has 0 aliphatic heterocycles. The zero-order chi connectivity index (χ0) is 13.8. The molecule has 0 radical (unpaired) electrons. The fourth-order valence-electron chi connectivity index (χ4n) is 3.01. The average molecular weight is 261 g/mol. The van der Waals surface area contributed by atoms with Crippen LogP contribution in [-0.2, 0) is 12.8 Å². The highest BCUT2D eigenvalue weighted by molar-refractivity contribution is 5.35. The fraction of sp³-hybridized carbons (Fsp3) is 0.647. The normalized spacial score (nSPS) is 19.6. The maximum absolute atomic E-state index is 10.1. The van der Waals surface area contributed by atoms with Crippen molar-refractivity contribution in [2.75, 3.05) is 0 Å². The number of aryl methyl sites for hydroxylation is 2. The minimum atomic E-state index is -0.393. The smallest absolute Gasteiger partial charge is 0.0696 e. The van der Waals surface area contributed by atoms with Crippen LogP contribution >= 0.6 is 0 Å². The SMILES string of the molecule is CCC(N)C(O)CC(C)c1ccc2c(c1)CCCC2. The van der Waals surface area contributed by atoms with E-state index in [1.807, 2.05) is 6.92 Å². The van der Waals surface area contributed by atoms with E-state index in [0.29, 0.717) is 5.92 Å². The molecule has 19 heavy (non-hydrogen) atoms. The predicted octanol–water partition coefficient (Wildman–Crippen LogP) is 3.16. The molecule has 3 atom stereocenters. The standard InChI is InChI=1S/C17H27NO/c1-3-16(18)17(19)10-12(2)14-9-8-13-6-4-5-7-15(13)11-14/h8-9,11-12,16-17,19H,3-7,10,18H2,1-2H3. The van der Waals surface area contributed by atoms with E-state index in [0.717, 1.165) is 12.8 Å². The summed E-state index contributed by atoms with van der Waals surface area (Å²) in [5.41, 5.74) is 10.3. The minimum absolute atomic E-state index is 0.0972. The van der Waals surface area contributed by atoms with Crippen LogP contribution in [0.15, 0.2) is 18.2 Å². The van der Waals surface area contributed by atoms with E-state index in [9.17, 15) is 5.11 Å². The third-order valence-electron chi connectivity index (χ3n) is 4.50. The van der Waals surface area contributed by atoms with Crippen LogP contribution in [0.2, 0.25) is 0 Å². The topological polar surface area (TPSA) is 46.2 Å². The summed E-state index contributed by atoms with van der Waals surface area (Å²) in [5.74, 6) is 0.375. The molecule has 3 N–H and O–H groups in total. The van der Waals surface area contributed by atoms with Gasteiger partial charge in [-0.25, -0.2) is 0 Å². The van der Waals surface area contributed by atoms with Gasteiger partial charge >= 0.3 is 0 Å². The molecule has 0 spiro atoms. The highest BCUT2D eigenvalue weighted by Crippen LogP contribution is 2.28. The van der Waals surface area contributed by atoms with Crippen LogP contribution in [0.25, 0.3) is 0 Å². The first-order valence-electron chi connectivity index (χ1n) is 7.67. The summed E-state index contributed by atoms with van der Waals surface area (Å²) in [4.78, 5) is 0. The molecule has 0 saturated heterocycles. The van der Waals surface area contributed by atoms with Crippen molar-refractivity contribution in [3.05, 3.63) is 34.9 Å². The van der Waals surface area contributed by atoms with Crippen molar-refractivity contribution in [3.8, 4) is 0 Å². The van der Waals surface area contributed by atoms with Crippen LogP contribution < -0.4 is 5.73 Å². The molecule has 2 heteroatoms. The second-order valence-corrected chi connectivity index (χ2v) is 6.01. The zero-order valence-corrected chi connectivity index (χ0v) is 12.2. The summed E-state index contributed by atoms with van der Waals surface area (Å²) in [6, 6.07) is 6.77. The van der Waals surface area contributed by atoms with Crippen molar-refractivity contribution in [1.82, 2.24) is 0 Å². The summed E-state index contributed by atoms with van der Waals surface area (Å²) < 4.78 is 0. The maximum atomic E-state index is 10.1. The maximum Gasteiger partial charge on any atom is 0.0696 e. The molecule has 3 unspecified atom stereocenters. The monoisotopic (exact) mass is 261 g/mol. The first kappa shape index (κ1) is 14.5. The van der Waals surface area contributed by atoms with Gasteiger partial charge in [0.05, 0.1) is 6.10 Å². The molecule has 0 saturated carbocycles. The van der Waals surface area contributed by atoms with Crippen LogP contribution in [0.3, 0.4) is 0 Å². The number of hydrogen-bond donors (Lipinski definition) is 2. The molecule has 1 aromatic rings. The van der Waals surface area contributed by atoms with E-state index in [4.69, 9.17) is 5.73 Å². The molecule has 2 nitrogen and oxygen atoms in total. The molecular formula is C17H27NO. The number of rotatable bonds is 5. The Hall–Kier alpha value is -0.860. The van der Waals surface area contributed by atoms with Gasteiger partial charge in [-0.15, -0.1) is 0 Å². The summed E-state index contributed by atoms with van der Waals surface area (Å²) >= 11 is 0. The second kappa shape index (κ2) is 6.53. The Morgan fingerprint density at radius 3 is 2.58 bits per heavy atom. The Labute approximate surface area is 117 Å². The zero-order valence-electron chi connectivity index (χ0n) is 12.2. The van der Waals surface area contributed by atoms with E-state index in [1.54, 1.807) is 0 Å². The third-order valence-corrected chi connectivity index (χ3v) is 4.50. The number of benzene rings is 1. The molecule has 1 aliphatic rings. The molecule has 106 valence electrons. The van der Waals surface area contributed by atoms with Gasteiger partial charge < -0.3 is 10.8 Å². The van der Waals surface area contributed by atoms with Crippen LogP contribution in [0.4, 0.5) is 0 Å². The number of fused-ring (bicyclic) bond motifs is 1.